The lowest BCUT2D eigenvalue weighted by atomic mass is 9.96. The Hall–Kier alpha value is -6.86. The van der Waals surface area contributed by atoms with Crippen LogP contribution in [0.3, 0.4) is 0 Å². The van der Waals surface area contributed by atoms with Crippen LogP contribution in [0.25, 0.3) is 11.1 Å². The van der Waals surface area contributed by atoms with Gasteiger partial charge in [-0.2, -0.15) is 0 Å². The van der Waals surface area contributed by atoms with Crippen molar-refractivity contribution in [3.63, 3.8) is 0 Å². The van der Waals surface area contributed by atoms with Gasteiger partial charge in [-0.1, -0.05) is 90.5 Å². The number of aliphatic hydroxyl groups is 1. The highest BCUT2D eigenvalue weighted by atomic mass is 16.5. The van der Waals surface area contributed by atoms with Crippen molar-refractivity contribution in [1.82, 2.24) is 20.9 Å². The molecule has 0 aromatic heterocycles. The molecular weight excluding hydrogens is 777 g/mol. The van der Waals surface area contributed by atoms with Gasteiger partial charge in [0.15, 0.2) is 6.61 Å². The minimum Gasteiger partial charge on any atom is -0.497 e. The van der Waals surface area contributed by atoms with Gasteiger partial charge >= 0.3 is 6.09 Å². The van der Waals surface area contributed by atoms with Crippen LogP contribution in [0.2, 0.25) is 0 Å². The fourth-order valence-electron chi connectivity index (χ4n) is 7.96. The first-order valence-electron chi connectivity index (χ1n) is 20.2. The molecule has 1 aliphatic heterocycles. The van der Waals surface area contributed by atoms with Crippen molar-refractivity contribution in [2.24, 2.45) is 0 Å². The van der Waals surface area contributed by atoms with Crippen molar-refractivity contribution in [2.45, 2.75) is 57.0 Å². The van der Waals surface area contributed by atoms with Crippen molar-refractivity contribution >= 4 is 23.8 Å². The summed E-state index contributed by atoms with van der Waals surface area (Å²) >= 11 is 0. The Morgan fingerprint density at radius 1 is 0.803 bits per heavy atom. The highest BCUT2D eigenvalue weighted by Crippen LogP contribution is 2.44. The molecule has 5 aromatic rings. The van der Waals surface area contributed by atoms with E-state index in [1.165, 1.54) is 26.0 Å². The molecule has 0 saturated carbocycles. The number of carbonyl (C=O) groups excluding carboxylic acids is 4. The molecule has 2 aliphatic rings. The maximum absolute atomic E-state index is 14.3. The van der Waals surface area contributed by atoms with Gasteiger partial charge in [-0.15, -0.1) is 0 Å². The lowest BCUT2D eigenvalue weighted by Gasteiger charge is -2.30. The van der Waals surface area contributed by atoms with E-state index in [1.807, 2.05) is 79.7 Å². The number of benzene rings is 5. The van der Waals surface area contributed by atoms with E-state index in [0.29, 0.717) is 34.9 Å². The molecule has 7 rings (SSSR count). The molecule has 4 amide bonds. The van der Waals surface area contributed by atoms with Crippen LogP contribution in [0.1, 0.15) is 58.7 Å². The Balaban J connectivity index is 1.01. The van der Waals surface area contributed by atoms with Crippen LogP contribution in [0.15, 0.2) is 115 Å². The summed E-state index contributed by atoms with van der Waals surface area (Å²) < 4.78 is 22.6. The topological polar surface area (TPSA) is 165 Å². The van der Waals surface area contributed by atoms with E-state index in [9.17, 15) is 24.3 Å². The summed E-state index contributed by atoms with van der Waals surface area (Å²) in [5, 5.41) is 19.7. The molecular formula is C48H50N4O9. The zero-order valence-corrected chi connectivity index (χ0v) is 34.6. The zero-order chi connectivity index (χ0) is 43.0. The molecule has 4 N–H and O–H groups in total. The predicted octanol–water partition coefficient (Wildman–Crippen LogP) is 5.80. The van der Waals surface area contributed by atoms with Crippen LogP contribution in [0, 0.1) is 6.92 Å². The molecule has 1 fully saturated rings. The number of alkyl carbamates (subject to hydrolysis) is 1. The normalized spacial score (nSPS) is 16.4. The van der Waals surface area contributed by atoms with Crippen molar-refractivity contribution in [3.8, 4) is 28.4 Å². The minimum absolute atomic E-state index is 0.0708. The number of aliphatic hydroxyl groups excluding tert-OH is 1. The Morgan fingerprint density at radius 2 is 1.46 bits per heavy atom. The van der Waals surface area contributed by atoms with Gasteiger partial charge in [0.2, 0.25) is 11.8 Å². The van der Waals surface area contributed by atoms with E-state index in [0.717, 1.165) is 33.4 Å². The summed E-state index contributed by atoms with van der Waals surface area (Å²) in [6.45, 7) is 3.86. The van der Waals surface area contributed by atoms with Gasteiger partial charge < -0.3 is 44.9 Å². The average molecular weight is 827 g/mol. The molecule has 5 aromatic carbocycles. The fraction of sp³-hybridized carbons (Fsp3) is 0.292. The number of carbonyl (C=O) groups is 4. The smallest absolute Gasteiger partial charge is 0.407 e. The molecule has 1 unspecified atom stereocenters. The van der Waals surface area contributed by atoms with E-state index in [4.69, 9.17) is 18.9 Å². The number of fused-ring (bicyclic) bond motifs is 3. The maximum Gasteiger partial charge on any atom is 0.407 e. The Kier molecular flexibility index (Phi) is 13.2. The Bertz CT molecular complexity index is 2320. The number of ether oxygens (including phenoxy) is 4. The summed E-state index contributed by atoms with van der Waals surface area (Å²) in [4.78, 5) is 55.1. The fourth-order valence-corrected chi connectivity index (χ4v) is 7.96. The van der Waals surface area contributed by atoms with Gasteiger partial charge in [0.05, 0.1) is 26.4 Å². The molecule has 0 spiro atoms. The summed E-state index contributed by atoms with van der Waals surface area (Å²) in [5.41, 5.74) is 7.63. The lowest BCUT2D eigenvalue weighted by Crippen LogP contribution is -2.55. The number of aryl methyl sites for hydroxylation is 1. The number of nitrogens with one attached hydrogen (secondary N) is 3. The van der Waals surface area contributed by atoms with Gasteiger partial charge in [0.25, 0.3) is 5.91 Å². The minimum atomic E-state index is -1.26. The van der Waals surface area contributed by atoms with Crippen LogP contribution in [-0.4, -0.2) is 86.0 Å². The molecule has 1 aliphatic carbocycles. The highest BCUT2D eigenvalue weighted by molar-refractivity contribution is 5.92. The largest absolute Gasteiger partial charge is 0.497 e. The second kappa shape index (κ2) is 19.0. The van der Waals surface area contributed by atoms with Crippen molar-refractivity contribution in [2.75, 3.05) is 34.0 Å². The SMILES string of the molecule is COc1ccc(C(NC(=O)[C@@H]2[C@@H](O)CCN2C(=O)[C@H](C)NC(=O)OCC2c3ccccc3-c3ccccc32)c2ccc(OCC(=O)NCc3ccc(C)cc3)cc2)c(OC)c1. The van der Waals surface area contributed by atoms with Crippen LogP contribution in [0.5, 0.6) is 17.2 Å². The second-order valence-corrected chi connectivity index (χ2v) is 15.2. The van der Waals surface area contributed by atoms with Gasteiger partial charge in [-0.05, 0) is 77.9 Å². The summed E-state index contributed by atoms with van der Waals surface area (Å²) in [7, 11) is 3.04. The number of likely N-dealkylation sites (tertiary alicyclic amines) is 1. The first-order chi connectivity index (χ1) is 29.5. The third kappa shape index (κ3) is 9.63. The van der Waals surface area contributed by atoms with Crippen LogP contribution in [-0.2, 0) is 25.7 Å². The van der Waals surface area contributed by atoms with E-state index >= 15 is 0 Å². The number of hydrogen-bond acceptors (Lipinski definition) is 9. The number of rotatable bonds is 15. The van der Waals surface area contributed by atoms with E-state index < -0.39 is 42.1 Å². The van der Waals surface area contributed by atoms with Crippen LogP contribution in [0.4, 0.5) is 4.79 Å². The first-order valence-corrected chi connectivity index (χ1v) is 20.2. The molecule has 0 bridgehead atoms. The van der Waals surface area contributed by atoms with Gasteiger partial charge in [-0.25, -0.2) is 4.79 Å². The average Bonchev–Trinajstić information content (AvgIpc) is 3.83. The number of methoxy groups -OCH3 is 2. The molecule has 1 heterocycles. The van der Waals surface area contributed by atoms with E-state index in [-0.39, 0.29) is 38.0 Å². The third-order valence-corrected chi connectivity index (χ3v) is 11.2. The molecule has 1 saturated heterocycles. The Morgan fingerprint density at radius 3 is 2.11 bits per heavy atom. The second-order valence-electron chi connectivity index (χ2n) is 15.2. The highest BCUT2D eigenvalue weighted by Gasteiger charge is 2.43. The van der Waals surface area contributed by atoms with Crippen molar-refractivity contribution < 1.29 is 43.2 Å². The molecule has 316 valence electrons. The first kappa shape index (κ1) is 42.3. The van der Waals surface area contributed by atoms with Crippen LogP contribution < -0.4 is 30.2 Å². The molecule has 13 heteroatoms. The standard InChI is InChI=1S/C48H50N4O9/c1-29-13-15-31(16-14-29)26-49-43(54)28-60-33-19-17-32(18-20-33)44(39-22-21-34(58-3)25-42(39)59-4)51-46(55)45-41(53)23-24-52(45)47(56)30(2)50-48(57)61-27-40-37-11-7-5-9-35(37)36-10-6-8-12-38(36)40/h5-22,25,30,40-41,44-45,53H,23-24,26-28H2,1-4H3,(H,49,54)(H,50,57)(H,51,55)/t30-,41-,44?,45-/m0/s1. The summed E-state index contributed by atoms with van der Waals surface area (Å²) in [6, 6.07) is 32.8. The molecule has 4 atom stereocenters. The molecule has 0 radical (unpaired) electrons. The molecule has 13 nitrogen and oxygen atoms in total. The Labute approximate surface area is 355 Å². The monoisotopic (exact) mass is 826 g/mol. The number of nitrogens with zero attached hydrogens (tertiary/aromatic N) is 1. The van der Waals surface area contributed by atoms with Gasteiger partial charge in [-0.3, -0.25) is 14.4 Å². The van der Waals surface area contributed by atoms with E-state index in [2.05, 4.69) is 16.0 Å². The predicted molar refractivity (Wildman–Crippen MR) is 228 cm³/mol. The van der Waals surface area contributed by atoms with Gasteiger partial charge in [0, 0.05) is 30.6 Å². The zero-order valence-electron chi connectivity index (χ0n) is 34.6. The van der Waals surface area contributed by atoms with Crippen LogP contribution >= 0.6 is 0 Å². The quantitative estimate of drug-likeness (QED) is 0.102. The molecule has 61 heavy (non-hydrogen) atoms. The maximum atomic E-state index is 14.3. The summed E-state index contributed by atoms with van der Waals surface area (Å²) in [6.07, 6.45) is -1.79. The summed E-state index contributed by atoms with van der Waals surface area (Å²) in [5.74, 6) is -0.204. The third-order valence-electron chi connectivity index (χ3n) is 11.2. The lowest BCUT2D eigenvalue weighted by molar-refractivity contribution is -0.141. The van der Waals surface area contributed by atoms with E-state index in [1.54, 1.807) is 42.5 Å². The number of hydrogen-bond donors (Lipinski definition) is 4. The van der Waals surface area contributed by atoms with Crippen molar-refractivity contribution in [1.29, 1.82) is 0 Å². The number of amides is 4. The van der Waals surface area contributed by atoms with Crippen molar-refractivity contribution in [3.05, 3.63) is 149 Å². The van der Waals surface area contributed by atoms with Gasteiger partial charge in [0.1, 0.15) is 35.9 Å².